The highest BCUT2D eigenvalue weighted by Crippen LogP contribution is 2.21. The third-order valence-electron chi connectivity index (χ3n) is 3.35. The molecule has 2 heterocycles. The second kappa shape index (κ2) is 5.72. The molecular weight excluding hydrogens is 266 g/mol. The Morgan fingerprint density at radius 1 is 1.35 bits per heavy atom. The van der Waals surface area contributed by atoms with E-state index in [1.54, 1.807) is 0 Å². The fraction of sp³-hybridized carbons (Fsp3) is 0.500. The number of carbonyl (C=O) groups is 2. The van der Waals surface area contributed by atoms with E-state index in [1.165, 1.54) is 4.90 Å². The summed E-state index contributed by atoms with van der Waals surface area (Å²) in [6, 6.07) is -0.417. The number of rotatable bonds is 3. The third-order valence-corrected chi connectivity index (χ3v) is 3.35. The second-order valence-corrected chi connectivity index (χ2v) is 4.73. The number of piperidine rings is 1. The van der Waals surface area contributed by atoms with E-state index < -0.39 is 29.2 Å². The van der Waals surface area contributed by atoms with Crippen LogP contribution in [0.3, 0.4) is 0 Å². The summed E-state index contributed by atoms with van der Waals surface area (Å²) in [5, 5.41) is 8.87. The molecule has 1 saturated heterocycles. The van der Waals surface area contributed by atoms with E-state index in [-0.39, 0.29) is 12.0 Å². The number of hydrogen-bond acceptors (Lipinski definition) is 4. The van der Waals surface area contributed by atoms with Crippen LogP contribution in [0.1, 0.15) is 36.0 Å². The quantitative estimate of drug-likeness (QED) is 0.691. The van der Waals surface area contributed by atoms with Crippen molar-refractivity contribution in [3.8, 4) is 0 Å². The summed E-state index contributed by atoms with van der Waals surface area (Å²) in [6.45, 7) is 0.412. The van der Waals surface area contributed by atoms with Crippen LogP contribution in [0.5, 0.6) is 0 Å². The fourth-order valence-electron chi connectivity index (χ4n) is 2.41. The van der Waals surface area contributed by atoms with Crippen molar-refractivity contribution in [3.63, 3.8) is 0 Å². The van der Waals surface area contributed by atoms with Gasteiger partial charge in [-0.25, -0.2) is 4.79 Å². The highest BCUT2D eigenvalue weighted by Gasteiger charge is 2.30. The minimum Gasteiger partial charge on any atom is -0.481 e. The van der Waals surface area contributed by atoms with Gasteiger partial charge in [0.15, 0.2) is 0 Å². The van der Waals surface area contributed by atoms with Crippen molar-refractivity contribution < 1.29 is 14.7 Å². The van der Waals surface area contributed by atoms with Gasteiger partial charge in [-0.15, -0.1) is 0 Å². The number of carboxylic acids is 1. The minimum absolute atomic E-state index is 0.146. The van der Waals surface area contributed by atoms with Gasteiger partial charge in [0.1, 0.15) is 5.56 Å². The summed E-state index contributed by atoms with van der Waals surface area (Å²) < 4.78 is 0. The van der Waals surface area contributed by atoms with Gasteiger partial charge in [-0.3, -0.25) is 19.4 Å². The van der Waals surface area contributed by atoms with E-state index in [4.69, 9.17) is 5.11 Å². The maximum Gasteiger partial charge on any atom is 0.325 e. The van der Waals surface area contributed by atoms with Crippen molar-refractivity contribution in [3.05, 3.63) is 32.6 Å². The van der Waals surface area contributed by atoms with Crippen molar-refractivity contribution in [2.75, 3.05) is 6.54 Å². The smallest absolute Gasteiger partial charge is 0.325 e. The average Bonchev–Trinajstić information content (AvgIpc) is 2.38. The van der Waals surface area contributed by atoms with Crippen LogP contribution in [-0.4, -0.2) is 44.4 Å². The van der Waals surface area contributed by atoms with E-state index in [2.05, 4.69) is 4.98 Å². The van der Waals surface area contributed by atoms with Crippen molar-refractivity contribution in [2.24, 2.45) is 0 Å². The molecule has 1 atom stereocenters. The first-order valence-electron chi connectivity index (χ1n) is 6.34. The molecule has 1 aromatic rings. The monoisotopic (exact) mass is 281 g/mol. The molecule has 8 nitrogen and oxygen atoms in total. The number of carboxylic acid groups (broad SMARTS) is 1. The summed E-state index contributed by atoms with van der Waals surface area (Å²) in [5.74, 6) is -1.53. The number of nitrogens with zero attached hydrogens (tertiary/aromatic N) is 1. The van der Waals surface area contributed by atoms with Crippen molar-refractivity contribution in [1.29, 1.82) is 0 Å². The van der Waals surface area contributed by atoms with Gasteiger partial charge in [0.2, 0.25) is 0 Å². The van der Waals surface area contributed by atoms with Gasteiger partial charge in [-0.1, -0.05) is 0 Å². The molecule has 8 heteroatoms. The highest BCUT2D eigenvalue weighted by atomic mass is 16.4. The van der Waals surface area contributed by atoms with E-state index in [0.29, 0.717) is 13.0 Å². The standard InChI is InChI=1S/C12H15N3O5/c16-9(17)5-7-3-1-2-4-15(7)11(19)8-6-13-12(20)14-10(8)18/h6-7H,1-5H2,(H,16,17)(H2,13,14,18,20). The summed E-state index contributed by atoms with van der Waals surface area (Å²) in [5.41, 5.74) is -1.63. The molecule has 20 heavy (non-hydrogen) atoms. The molecule has 1 unspecified atom stereocenters. The van der Waals surface area contributed by atoms with Gasteiger partial charge >= 0.3 is 11.7 Å². The van der Waals surface area contributed by atoms with Gasteiger partial charge in [-0.2, -0.15) is 0 Å². The number of amides is 1. The molecule has 1 fully saturated rings. The summed E-state index contributed by atoms with van der Waals surface area (Å²) in [4.78, 5) is 51.3. The lowest BCUT2D eigenvalue weighted by Gasteiger charge is -2.34. The lowest BCUT2D eigenvalue weighted by atomic mass is 9.98. The number of H-pyrrole nitrogens is 2. The third kappa shape index (κ3) is 2.95. The molecule has 0 aromatic carbocycles. The highest BCUT2D eigenvalue weighted by molar-refractivity contribution is 5.94. The molecule has 0 saturated carbocycles. The molecule has 0 spiro atoms. The predicted molar refractivity (Wildman–Crippen MR) is 68.6 cm³/mol. The maximum absolute atomic E-state index is 12.3. The number of aliphatic carboxylic acids is 1. The second-order valence-electron chi connectivity index (χ2n) is 4.73. The van der Waals surface area contributed by atoms with Crippen LogP contribution >= 0.6 is 0 Å². The molecule has 0 radical (unpaired) electrons. The number of aromatic amines is 2. The van der Waals surface area contributed by atoms with E-state index >= 15 is 0 Å². The molecular formula is C12H15N3O5. The molecule has 1 amide bonds. The van der Waals surface area contributed by atoms with Crippen LogP contribution in [0.15, 0.2) is 15.8 Å². The molecule has 1 aliphatic rings. The van der Waals surface area contributed by atoms with Gasteiger partial charge in [0.05, 0.1) is 6.42 Å². The Morgan fingerprint density at radius 2 is 2.10 bits per heavy atom. The molecule has 0 aliphatic carbocycles. The normalized spacial score (nSPS) is 18.8. The molecule has 0 bridgehead atoms. The Bertz CT molecular complexity index is 632. The van der Waals surface area contributed by atoms with E-state index in [0.717, 1.165) is 19.0 Å². The van der Waals surface area contributed by atoms with Gasteiger partial charge in [-0.05, 0) is 19.3 Å². The van der Waals surface area contributed by atoms with Crippen LogP contribution in [0, 0.1) is 0 Å². The van der Waals surface area contributed by atoms with Gasteiger partial charge in [0.25, 0.3) is 11.5 Å². The molecule has 1 aromatic heterocycles. The van der Waals surface area contributed by atoms with Crippen LogP contribution in [-0.2, 0) is 4.79 Å². The Kier molecular flexibility index (Phi) is 4.02. The number of hydrogen-bond donors (Lipinski definition) is 3. The van der Waals surface area contributed by atoms with Crippen molar-refractivity contribution >= 4 is 11.9 Å². The number of carbonyl (C=O) groups excluding carboxylic acids is 1. The first kappa shape index (κ1) is 14.0. The van der Waals surface area contributed by atoms with Crippen molar-refractivity contribution in [2.45, 2.75) is 31.7 Å². The van der Waals surface area contributed by atoms with Gasteiger partial charge < -0.3 is 15.0 Å². The predicted octanol–water partition coefficient (Wildman–Crippen LogP) is -0.467. The number of likely N-dealkylation sites (tertiary alicyclic amines) is 1. The number of nitrogens with one attached hydrogen (secondary N) is 2. The SMILES string of the molecule is O=C(O)CC1CCCCN1C(=O)c1c[nH]c(=O)[nH]c1=O. The molecule has 2 rings (SSSR count). The zero-order valence-electron chi connectivity index (χ0n) is 10.7. The molecule has 3 N–H and O–H groups in total. The summed E-state index contributed by atoms with van der Waals surface area (Å²) >= 11 is 0. The van der Waals surface area contributed by atoms with Crippen molar-refractivity contribution in [1.82, 2.24) is 14.9 Å². The Balaban J connectivity index is 2.27. The first-order valence-corrected chi connectivity index (χ1v) is 6.34. The minimum atomic E-state index is -0.981. The van der Waals surface area contributed by atoms with Gasteiger partial charge in [0, 0.05) is 18.8 Å². The fourth-order valence-corrected chi connectivity index (χ4v) is 2.41. The summed E-state index contributed by atoms with van der Waals surface area (Å²) in [6.07, 6.45) is 3.13. The van der Waals surface area contributed by atoms with Crippen LogP contribution < -0.4 is 11.2 Å². The lowest BCUT2D eigenvalue weighted by Crippen LogP contribution is -2.46. The van der Waals surface area contributed by atoms with E-state index in [9.17, 15) is 19.2 Å². The zero-order valence-corrected chi connectivity index (χ0v) is 10.7. The maximum atomic E-state index is 12.3. The van der Waals surface area contributed by atoms with Crippen LogP contribution in [0.2, 0.25) is 0 Å². The molecule has 1 aliphatic heterocycles. The number of aromatic nitrogens is 2. The lowest BCUT2D eigenvalue weighted by molar-refractivity contribution is -0.138. The summed E-state index contributed by atoms with van der Waals surface area (Å²) in [7, 11) is 0. The Morgan fingerprint density at radius 3 is 2.75 bits per heavy atom. The van der Waals surface area contributed by atoms with Crippen LogP contribution in [0.25, 0.3) is 0 Å². The topological polar surface area (TPSA) is 123 Å². The molecule has 108 valence electrons. The Hall–Kier alpha value is -2.38. The Labute approximate surface area is 113 Å². The first-order chi connectivity index (χ1) is 9.49. The van der Waals surface area contributed by atoms with Crippen LogP contribution in [0.4, 0.5) is 0 Å². The van der Waals surface area contributed by atoms with E-state index in [1.807, 2.05) is 4.98 Å². The average molecular weight is 281 g/mol. The zero-order chi connectivity index (χ0) is 14.7. The largest absolute Gasteiger partial charge is 0.481 e.